The van der Waals surface area contributed by atoms with Gasteiger partial charge in [0, 0.05) is 5.56 Å². The Morgan fingerprint density at radius 1 is 1.37 bits per heavy atom. The van der Waals surface area contributed by atoms with E-state index in [1.54, 1.807) is 32.0 Å². The Kier molecular flexibility index (Phi) is 3.15. The van der Waals surface area contributed by atoms with Crippen LogP contribution in [0.3, 0.4) is 0 Å². The molecular formula is C16H18O3. The number of carbonyl (C=O) groups is 1. The SMILES string of the molecule is CC(C)(O)C#Cc1ccc2c(c1)OC(C)(C)CC2=O. The van der Waals surface area contributed by atoms with Crippen molar-refractivity contribution in [3.63, 3.8) is 0 Å². The zero-order valence-corrected chi connectivity index (χ0v) is 11.7. The molecule has 0 unspecified atom stereocenters. The number of ketones is 1. The Bertz CT molecular complexity index is 580. The minimum absolute atomic E-state index is 0.0910. The van der Waals surface area contributed by atoms with Crippen LogP contribution in [0.4, 0.5) is 0 Å². The summed E-state index contributed by atoms with van der Waals surface area (Å²) in [7, 11) is 0. The van der Waals surface area contributed by atoms with Crippen LogP contribution < -0.4 is 4.74 Å². The molecule has 1 aliphatic heterocycles. The van der Waals surface area contributed by atoms with Gasteiger partial charge >= 0.3 is 0 Å². The Hall–Kier alpha value is -1.79. The fourth-order valence-electron chi connectivity index (χ4n) is 1.96. The van der Waals surface area contributed by atoms with E-state index in [2.05, 4.69) is 11.8 Å². The number of hydrogen-bond acceptors (Lipinski definition) is 3. The highest BCUT2D eigenvalue weighted by Gasteiger charge is 2.32. The molecule has 19 heavy (non-hydrogen) atoms. The second kappa shape index (κ2) is 4.40. The molecule has 3 nitrogen and oxygen atoms in total. The van der Waals surface area contributed by atoms with Crippen molar-refractivity contribution < 1.29 is 14.6 Å². The summed E-state index contributed by atoms with van der Waals surface area (Å²) < 4.78 is 5.81. The first-order valence-electron chi connectivity index (χ1n) is 6.28. The van der Waals surface area contributed by atoms with Gasteiger partial charge in [0.2, 0.25) is 0 Å². The second-order valence-electron chi connectivity index (χ2n) is 5.98. The zero-order valence-electron chi connectivity index (χ0n) is 11.7. The van der Waals surface area contributed by atoms with Gasteiger partial charge in [0.1, 0.15) is 17.0 Å². The van der Waals surface area contributed by atoms with E-state index in [1.165, 1.54) is 0 Å². The molecule has 0 fully saturated rings. The van der Waals surface area contributed by atoms with Crippen molar-refractivity contribution >= 4 is 5.78 Å². The fourth-order valence-corrected chi connectivity index (χ4v) is 1.96. The molecule has 1 aromatic carbocycles. The van der Waals surface area contributed by atoms with Crippen LogP contribution in [0, 0.1) is 11.8 Å². The average Bonchev–Trinajstić information content (AvgIpc) is 2.23. The van der Waals surface area contributed by atoms with Crippen molar-refractivity contribution in [2.45, 2.75) is 45.3 Å². The molecule has 1 aromatic rings. The van der Waals surface area contributed by atoms with Gasteiger partial charge in [-0.25, -0.2) is 0 Å². The number of aliphatic hydroxyl groups is 1. The molecule has 1 heterocycles. The molecule has 3 heteroatoms. The Balaban J connectivity index is 2.38. The Labute approximate surface area is 113 Å². The lowest BCUT2D eigenvalue weighted by atomic mass is 9.92. The molecule has 0 spiro atoms. The molecule has 100 valence electrons. The largest absolute Gasteiger partial charge is 0.487 e. The summed E-state index contributed by atoms with van der Waals surface area (Å²) in [5.74, 6) is 6.29. The van der Waals surface area contributed by atoms with Gasteiger partial charge in [-0.1, -0.05) is 11.8 Å². The maximum Gasteiger partial charge on any atom is 0.170 e. The molecule has 1 aliphatic rings. The lowest BCUT2D eigenvalue weighted by Crippen LogP contribution is -2.35. The predicted molar refractivity (Wildman–Crippen MR) is 73.3 cm³/mol. The highest BCUT2D eigenvalue weighted by molar-refractivity contribution is 6.00. The van der Waals surface area contributed by atoms with Crippen molar-refractivity contribution in [3.8, 4) is 17.6 Å². The summed E-state index contributed by atoms with van der Waals surface area (Å²) in [5, 5.41) is 9.58. The minimum atomic E-state index is -1.04. The van der Waals surface area contributed by atoms with Crippen molar-refractivity contribution in [1.82, 2.24) is 0 Å². The van der Waals surface area contributed by atoms with Gasteiger partial charge in [-0.2, -0.15) is 0 Å². The molecular weight excluding hydrogens is 240 g/mol. The summed E-state index contributed by atoms with van der Waals surface area (Å²) in [6, 6.07) is 5.27. The molecule has 0 saturated carbocycles. The van der Waals surface area contributed by atoms with E-state index in [1.807, 2.05) is 13.8 Å². The molecule has 2 rings (SSSR count). The number of ether oxygens (including phenoxy) is 1. The summed E-state index contributed by atoms with van der Waals surface area (Å²) in [5.41, 5.74) is -0.183. The summed E-state index contributed by atoms with van der Waals surface area (Å²) >= 11 is 0. The normalized spacial score (nSPS) is 17.0. The quantitative estimate of drug-likeness (QED) is 0.727. The lowest BCUT2D eigenvalue weighted by molar-refractivity contribution is 0.0620. The minimum Gasteiger partial charge on any atom is -0.487 e. The molecule has 0 atom stereocenters. The van der Waals surface area contributed by atoms with Crippen molar-refractivity contribution in [1.29, 1.82) is 0 Å². The third-order valence-electron chi connectivity index (χ3n) is 2.77. The third-order valence-corrected chi connectivity index (χ3v) is 2.77. The van der Waals surface area contributed by atoms with E-state index in [-0.39, 0.29) is 5.78 Å². The monoisotopic (exact) mass is 258 g/mol. The molecule has 0 saturated heterocycles. The molecule has 1 N–H and O–H groups in total. The molecule has 0 radical (unpaired) electrons. The van der Waals surface area contributed by atoms with Gasteiger partial charge in [0.25, 0.3) is 0 Å². The van der Waals surface area contributed by atoms with Crippen molar-refractivity contribution in [2.75, 3.05) is 0 Å². The van der Waals surface area contributed by atoms with Crippen molar-refractivity contribution in [3.05, 3.63) is 29.3 Å². The summed E-state index contributed by atoms with van der Waals surface area (Å²) in [4.78, 5) is 12.0. The number of Topliss-reactive ketones (excluding diaryl/α,β-unsaturated/α-hetero) is 1. The topological polar surface area (TPSA) is 46.5 Å². The van der Waals surface area contributed by atoms with E-state index in [9.17, 15) is 9.90 Å². The number of hydrogen-bond donors (Lipinski definition) is 1. The predicted octanol–water partition coefficient (Wildman–Crippen LogP) is 2.55. The van der Waals surface area contributed by atoms with Crippen LogP contribution in [0.2, 0.25) is 0 Å². The highest BCUT2D eigenvalue weighted by atomic mass is 16.5. The molecule has 0 bridgehead atoms. The first-order chi connectivity index (χ1) is 8.66. The summed E-state index contributed by atoms with van der Waals surface area (Å²) in [6.07, 6.45) is 0.384. The first-order valence-corrected chi connectivity index (χ1v) is 6.28. The number of carbonyl (C=O) groups excluding carboxylic acids is 1. The lowest BCUT2D eigenvalue weighted by Gasteiger charge is -2.31. The van der Waals surface area contributed by atoms with Crippen LogP contribution >= 0.6 is 0 Å². The van der Waals surface area contributed by atoms with Crippen LogP contribution in [0.5, 0.6) is 5.75 Å². The van der Waals surface area contributed by atoms with E-state index in [4.69, 9.17) is 4.74 Å². The first kappa shape index (κ1) is 13.6. The van der Waals surface area contributed by atoms with Crippen LogP contribution in [-0.4, -0.2) is 22.1 Å². The maximum atomic E-state index is 12.0. The van der Waals surface area contributed by atoms with Crippen LogP contribution in [-0.2, 0) is 0 Å². The maximum absolute atomic E-state index is 12.0. The van der Waals surface area contributed by atoms with Crippen LogP contribution in [0.15, 0.2) is 18.2 Å². The van der Waals surface area contributed by atoms with Gasteiger partial charge in [-0.3, -0.25) is 4.79 Å². The molecule has 0 amide bonds. The third kappa shape index (κ3) is 3.36. The van der Waals surface area contributed by atoms with E-state index < -0.39 is 11.2 Å². The zero-order chi connectivity index (χ0) is 14.3. The molecule has 0 aliphatic carbocycles. The van der Waals surface area contributed by atoms with Crippen molar-refractivity contribution in [2.24, 2.45) is 0 Å². The summed E-state index contributed by atoms with van der Waals surface area (Å²) in [6.45, 7) is 7.04. The van der Waals surface area contributed by atoms with E-state index in [0.29, 0.717) is 17.7 Å². The average molecular weight is 258 g/mol. The number of rotatable bonds is 0. The van der Waals surface area contributed by atoms with Gasteiger partial charge < -0.3 is 9.84 Å². The van der Waals surface area contributed by atoms with Gasteiger partial charge in [0.15, 0.2) is 5.78 Å². The van der Waals surface area contributed by atoms with Crippen LogP contribution in [0.1, 0.15) is 50.0 Å². The van der Waals surface area contributed by atoms with Crippen LogP contribution in [0.25, 0.3) is 0 Å². The Morgan fingerprint density at radius 2 is 2.05 bits per heavy atom. The molecule has 0 aromatic heterocycles. The number of benzene rings is 1. The van der Waals surface area contributed by atoms with Gasteiger partial charge in [-0.05, 0) is 45.9 Å². The van der Waals surface area contributed by atoms with Gasteiger partial charge in [-0.15, -0.1) is 0 Å². The van der Waals surface area contributed by atoms with Gasteiger partial charge in [0.05, 0.1) is 12.0 Å². The smallest absolute Gasteiger partial charge is 0.170 e. The number of fused-ring (bicyclic) bond motifs is 1. The standard InChI is InChI=1S/C16H18O3/c1-15(2,18)8-7-11-5-6-12-13(17)10-16(3,4)19-14(12)9-11/h5-6,9,18H,10H2,1-4H3. The van der Waals surface area contributed by atoms with E-state index >= 15 is 0 Å². The Morgan fingerprint density at radius 3 is 2.68 bits per heavy atom. The van der Waals surface area contributed by atoms with E-state index in [0.717, 1.165) is 5.56 Å². The fraction of sp³-hybridized carbons (Fsp3) is 0.438. The highest BCUT2D eigenvalue weighted by Crippen LogP contribution is 2.33. The second-order valence-corrected chi connectivity index (χ2v) is 5.98.